The molecule has 1 aromatic rings. The van der Waals surface area contributed by atoms with Crippen LogP contribution in [0.2, 0.25) is 0 Å². The lowest BCUT2D eigenvalue weighted by molar-refractivity contribution is 0.996. The van der Waals surface area contributed by atoms with E-state index in [0.29, 0.717) is 0 Å². The zero-order valence-electron chi connectivity index (χ0n) is 9.70. The predicted molar refractivity (Wildman–Crippen MR) is 67.3 cm³/mol. The molecule has 0 aromatic heterocycles. The lowest BCUT2D eigenvalue weighted by Gasteiger charge is -2.25. The first-order valence-corrected chi connectivity index (χ1v) is 7.07. The first-order valence-electron chi connectivity index (χ1n) is 5.41. The Morgan fingerprint density at radius 2 is 1.43 bits per heavy atom. The van der Waals surface area contributed by atoms with Crippen LogP contribution in [0.5, 0.6) is 0 Å². The van der Waals surface area contributed by atoms with E-state index in [1.807, 2.05) is 0 Å². The van der Waals surface area contributed by atoms with E-state index in [2.05, 4.69) is 58.0 Å². The van der Waals surface area contributed by atoms with E-state index in [1.165, 1.54) is 11.7 Å². The van der Waals surface area contributed by atoms with Gasteiger partial charge in [0.1, 0.15) is 0 Å². The van der Waals surface area contributed by atoms with Crippen LogP contribution in [-0.2, 0) is 6.16 Å². The second-order valence-electron chi connectivity index (χ2n) is 4.35. The number of benzene rings is 1. The Balaban J connectivity index is 2.65. The topological polar surface area (TPSA) is 0 Å². The van der Waals surface area contributed by atoms with Crippen molar-refractivity contribution in [2.24, 2.45) is 0 Å². The van der Waals surface area contributed by atoms with Gasteiger partial charge in [-0.15, -0.1) is 0 Å². The van der Waals surface area contributed by atoms with E-state index in [1.54, 1.807) is 0 Å². The molecule has 14 heavy (non-hydrogen) atoms. The standard InChI is InChI=1S/C13H21P/c1-11(2)14(12(3)4)10-13-8-6-5-7-9-13/h5-9,11-12H,10H2,1-4H3. The van der Waals surface area contributed by atoms with Gasteiger partial charge in [-0.25, -0.2) is 0 Å². The van der Waals surface area contributed by atoms with E-state index in [0.717, 1.165) is 11.3 Å². The molecule has 1 heteroatoms. The summed E-state index contributed by atoms with van der Waals surface area (Å²) < 4.78 is 0. The van der Waals surface area contributed by atoms with E-state index in [4.69, 9.17) is 0 Å². The Bertz CT molecular complexity index is 243. The van der Waals surface area contributed by atoms with Gasteiger partial charge in [0.2, 0.25) is 0 Å². The third-order valence-corrected chi connectivity index (χ3v) is 5.92. The van der Waals surface area contributed by atoms with Gasteiger partial charge in [0.25, 0.3) is 0 Å². The van der Waals surface area contributed by atoms with Crippen LogP contribution in [0.3, 0.4) is 0 Å². The second-order valence-corrected chi connectivity index (χ2v) is 7.76. The van der Waals surface area contributed by atoms with Gasteiger partial charge in [-0.1, -0.05) is 65.9 Å². The molecule has 0 heterocycles. The van der Waals surface area contributed by atoms with Crippen molar-refractivity contribution in [3.8, 4) is 0 Å². The van der Waals surface area contributed by atoms with Crippen LogP contribution in [0.1, 0.15) is 33.3 Å². The first kappa shape index (κ1) is 11.7. The third kappa shape index (κ3) is 3.42. The van der Waals surface area contributed by atoms with Gasteiger partial charge in [-0.05, 0) is 23.0 Å². The highest BCUT2D eigenvalue weighted by Gasteiger charge is 2.16. The highest BCUT2D eigenvalue weighted by atomic mass is 31.1. The van der Waals surface area contributed by atoms with E-state index in [-0.39, 0.29) is 7.92 Å². The van der Waals surface area contributed by atoms with Crippen LogP contribution in [0.15, 0.2) is 30.3 Å². The SMILES string of the molecule is CC(C)P(Cc1ccccc1)C(C)C. The average Bonchev–Trinajstić information content (AvgIpc) is 2.15. The lowest BCUT2D eigenvalue weighted by atomic mass is 10.2. The number of hydrogen-bond acceptors (Lipinski definition) is 0. The molecule has 0 radical (unpaired) electrons. The number of hydrogen-bond donors (Lipinski definition) is 0. The molecular weight excluding hydrogens is 187 g/mol. The molecule has 0 N–H and O–H groups in total. The molecule has 0 fully saturated rings. The van der Waals surface area contributed by atoms with Gasteiger partial charge in [0, 0.05) is 0 Å². The average molecular weight is 208 g/mol. The maximum Gasteiger partial charge on any atom is -0.00685 e. The van der Waals surface area contributed by atoms with Crippen LogP contribution in [0.4, 0.5) is 0 Å². The summed E-state index contributed by atoms with van der Waals surface area (Å²) in [6.45, 7) is 9.42. The molecule has 0 aliphatic heterocycles. The number of rotatable bonds is 4. The zero-order valence-corrected chi connectivity index (χ0v) is 10.6. The Kier molecular flexibility index (Phi) is 4.62. The van der Waals surface area contributed by atoms with Gasteiger partial charge < -0.3 is 0 Å². The van der Waals surface area contributed by atoms with Crippen molar-refractivity contribution in [3.63, 3.8) is 0 Å². The molecule has 0 spiro atoms. The van der Waals surface area contributed by atoms with E-state index in [9.17, 15) is 0 Å². The minimum atomic E-state index is 0.145. The fourth-order valence-corrected chi connectivity index (χ4v) is 4.31. The van der Waals surface area contributed by atoms with Crippen LogP contribution in [0, 0.1) is 0 Å². The summed E-state index contributed by atoms with van der Waals surface area (Å²) in [5, 5.41) is 0. The van der Waals surface area contributed by atoms with Crippen LogP contribution < -0.4 is 0 Å². The molecular formula is C13H21P. The molecule has 0 aliphatic rings. The normalized spacial score (nSPS) is 11.6. The zero-order chi connectivity index (χ0) is 10.6. The van der Waals surface area contributed by atoms with Crippen molar-refractivity contribution in [1.82, 2.24) is 0 Å². The minimum absolute atomic E-state index is 0.145. The summed E-state index contributed by atoms with van der Waals surface area (Å²) in [4.78, 5) is 0. The van der Waals surface area contributed by atoms with Crippen LogP contribution in [-0.4, -0.2) is 11.3 Å². The fourth-order valence-electron chi connectivity index (χ4n) is 1.76. The Morgan fingerprint density at radius 3 is 1.86 bits per heavy atom. The van der Waals surface area contributed by atoms with Gasteiger partial charge in [0.05, 0.1) is 0 Å². The summed E-state index contributed by atoms with van der Waals surface area (Å²) in [7, 11) is 0.145. The summed E-state index contributed by atoms with van der Waals surface area (Å²) in [6, 6.07) is 10.9. The van der Waals surface area contributed by atoms with E-state index < -0.39 is 0 Å². The summed E-state index contributed by atoms with van der Waals surface area (Å²) >= 11 is 0. The molecule has 0 atom stereocenters. The Labute approximate surface area is 89.5 Å². The fraction of sp³-hybridized carbons (Fsp3) is 0.538. The molecule has 1 rings (SSSR count). The highest BCUT2D eigenvalue weighted by Crippen LogP contribution is 2.48. The van der Waals surface area contributed by atoms with Gasteiger partial charge in [-0.2, -0.15) is 0 Å². The van der Waals surface area contributed by atoms with Gasteiger partial charge >= 0.3 is 0 Å². The predicted octanol–water partition coefficient (Wildman–Crippen LogP) is 4.49. The molecule has 78 valence electrons. The maximum atomic E-state index is 2.36. The van der Waals surface area contributed by atoms with Crippen molar-refractivity contribution in [3.05, 3.63) is 35.9 Å². The summed E-state index contributed by atoms with van der Waals surface area (Å²) in [6.07, 6.45) is 1.28. The minimum Gasteiger partial charge on any atom is -0.0970 e. The van der Waals surface area contributed by atoms with Gasteiger partial charge in [0.15, 0.2) is 0 Å². The summed E-state index contributed by atoms with van der Waals surface area (Å²) in [5.74, 6) is 0. The lowest BCUT2D eigenvalue weighted by Crippen LogP contribution is -2.05. The van der Waals surface area contributed by atoms with E-state index >= 15 is 0 Å². The van der Waals surface area contributed by atoms with Crippen molar-refractivity contribution < 1.29 is 0 Å². The molecule has 0 nitrogen and oxygen atoms in total. The van der Waals surface area contributed by atoms with Crippen molar-refractivity contribution in [2.75, 3.05) is 0 Å². The monoisotopic (exact) mass is 208 g/mol. The molecule has 0 saturated carbocycles. The molecule has 0 saturated heterocycles. The second kappa shape index (κ2) is 5.51. The molecule has 0 unspecified atom stereocenters. The van der Waals surface area contributed by atoms with Crippen LogP contribution >= 0.6 is 7.92 Å². The Hall–Kier alpha value is -0.350. The quantitative estimate of drug-likeness (QED) is 0.640. The Morgan fingerprint density at radius 1 is 0.929 bits per heavy atom. The van der Waals surface area contributed by atoms with Crippen LogP contribution in [0.25, 0.3) is 0 Å². The van der Waals surface area contributed by atoms with Crippen molar-refractivity contribution >= 4 is 7.92 Å². The molecule has 0 amide bonds. The molecule has 0 aliphatic carbocycles. The van der Waals surface area contributed by atoms with Crippen molar-refractivity contribution in [1.29, 1.82) is 0 Å². The first-order chi connectivity index (χ1) is 6.61. The third-order valence-electron chi connectivity index (χ3n) is 2.53. The molecule has 1 aromatic carbocycles. The van der Waals surface area contributed by atoms with Gasteiger partial charge in [-0.3, -0.25) is 0 Å². The smallest absolute Gasteiger partial charge is 0.00685 e. The summed E-state index contributed by atoms with van der Waals surface area (Å²) in [5.41, 5.74) is 3.18. The largest absolute Gasteiger partial charge is 0.0970 e. The maximum absolute atomic E-state index is 2.36. The van der Waals surface area contributed by atoms with Crippen molar-refractivity contribution in [2.45, 2.75) is 45.2 Å². The highest BCUT2D eigenvalue weighted by molar-refractivity contribution is 7.58. The molecule has 0 bridgehead atoms.